The quantitative estimate of drug-likeness (QED) is 0.163. The second-order valence-electron chi connectivity index (χ2n) is 16.3. The smallest absolute Gasteiger partial charge is 0.124 e. The van der Waals surface area contributed by atoms with E-state index in [1.807, 2.05) is 0 Å². The Morgan fingerprint density at radius 1 is 0.379 bits per heavy atom. The topological polar surface area (TPSA) is 12.9 Å². The summed E-state index contributed by atoms with van der Waals surface area (Å²) in [6.45, 7) is 4.78. The van der Waals surface area contributed by atoms with Crippen LogP contribution in [-0.4, -0.2) is 4.98 Å². The summed E-state index contributed by atoms with van der Waals surface area (Å²) < 4.78 is 1.21. The highest BCUT2D eigenvalue weighted by Crippen LogP contribution is 2.53. The fourth-order valence-corrected chi connectivity index (χ4v) is 10.7. The van der Waals surface area contributed by atoms with Crippen LogP contribution in [0.5, 0.6) is 0 Å². The summed E-state index contributed by atoms with van der Waals surface area (Å²) in [5, 5.41) is 11.1. The Labute approximate surface area is 341 Å². The van der Waals surface area contributed by atoms with Gasteiger partial charge < -0.3 is 0 Å². The van der Waals surface area contributed by atoms with E-state index in [1.165, 1.54) is 103 Å². The molecule has 2 heteroatoms. The predicted octanol–water partition coefficient (Wildman–Crippen LogP) is 15.9. The van der Waals surface area contributed by atoms with Crippen molar-refractivity contribution in [2.45, 2.75) is 19.3 Å². The molecule has 1 heterocycles. The second-order valence-corrected chi connectivity index (χ2v) is 17.3. The van der Waals surface area contributed by atoms with Gasteiger partial charge in [-0.25, -0.2) is 4.98 Å². The Hall–Kier alpha value is -6.87. The van der Waals surface area contributed by atoms with E-state index in [2.05, 4.69) is 202 Å². The minimum absolute atomic E-state index is 0.133. The number of rotatable bonds is 4. The van der Waals surface area contributed by atoms with Gasteiger partial charge in [0.15, 0.2) is 0 Å². The van der Waals surface area contributed by atoms with E-state index >= 15 is 0 Å². The number of fused-ring (bicyclic) bond motifs is 8. The molecule has 1 nitrogen and oxygen atoms in total. The molecule has 1 aromatic heterocycles. The molecule has 1 aliphatic carbocycles. The fraction of sp³-hybridized carbons (Fsp3) is 0.0536. The van der Waals surface area contributed by atoms with Crippen LogP contribution in [0.1, 0.15) is 25.0 Å². The van der Waals surface area contributed by atoms with E-state index < -0.39 is 0 Å². The maximum atomic E-state index is 4.95. The van der Waals surface area contributed by atoms with Crippen LogP contribution >= 0.6 is 11.3 Å². The zero-order valence-corrected chi connectivity index (χ0v) is 33.1. The first kappa shape index (κ1) is 33.3. The van der Waals surface area contributed by atoms with Crippen molar-refractivity contribution in [2.24, 2.45) is 0 Å². The average Bonchev–Trinajstić information content (AvgIpc) is 3.80. The van der Waals surface area contributed by atoms with E-state index in [0.717, 1.165) is 16.1 Å². The predicted molar refractivity (Wildman–Crippen MR) is 249 cm³/mol. The summed E-state index contributed by atoms with van der Waals surface area (Å²) in [7, 11) is 0. The number of para-hydroxylation sites is 1. The van der Waals surface area contributed by atoms with E-state index in [9.17, 15) is 0 Å². The third-order valence-electron chi connectivity index (χ3n) is 12.7. The number of benzene rings is 10. The van der Waals surface area contributed by atoms with Gasteiger partial charge in [0.2, 0.25) is 0 Å². The first-order valence-corrected chi connectivity index (χ1v) is 20.9. The van der Waals surface area contributed by atoms with Gasteiger partial charge in [-0.2, -0.15) is 0 Å². The number of aromatic nitrogens is 1. The summed E-state index contributed by atoms with van der Waals surface area (Å²) >= 11 is 1.75. The van der Waals surface area contributed by atoms with E-state index in [0.29, 0.717) is 0 Å². The van der Waals surface area contributed by atoms with Crippen LogP contribution in [0.2, 0.25) is 0 Å². The summed E-state index contributed by atoms with van der Waals surface area (Å²) in [6, 6.07) is 70.0. The zero-order chi connectivity index (χ0) is 38.5. The lowest BCUT2D eigenvalue weighted by Crippen LogP contribution is -2.14. The number of hydrogen-bond acceptors (Lipinski definition) is 2. The van der Waals surface area contributed by atoms with Crippen LogP contribution in [0.25, 0.3) is 108 Å². The lowest BCUT2D eigenvalue weighted by molar-refractivity contribution is 0.661. The lowest BCUT2D eigenvalue weighted by Gasteiger charge is -2.24. The molecule has 0 N–H and O–H groups in total. The molecular formula is C56H37NS. The van der Waals surface area contributed by atoms with Crippen molar-refractivity contribution in [3.05, 3.63) is 199 Å². The molecule has 0 unspecified atom stereocenters. The van der Waals surface area contributed by atoms with Gasteiger partial charge in [0.1, 0.15) is 5.01 Å². The van der Waals surface area contributed by atoms with Gasteiger partial charge in [0, 0.05) is 11.0 Å². The summed E-state index contributed by atoms with van der Waals surface area (Å²) in [5.74, 6) is 0. The standard InChI is InChI=1S/C56H37NS/c1-56(2)49-16-8-7-15-43(49)45-32-47-48(33-50(45)56)54(42-26-22-35-12-4-6-14-39(35)30-42)46-31-40(27-28-44(46)53(47)41-25-21-34-11-3-5-13-38(34)29-41)36-19-23-37(24-20-36)55-57-51-17-9-10-18-52(51)58-55/h3-33H,1-2H3. The maximum Gasteiger partial charge on any atom is 0.124 e. The van der Waals surface area contributed by atoms with Crippen LogP contribution in [0.3, 0.4) is 0 Å². The van der Waals surface area contributed by atoms with Crippen LogP contribution in [0.4, 0.5) is 0 Å². The lowest BCUT2D eigenvalue weighted by atomic mass is 9.79. The SMILES string of the molecule is CC1(C)c2ccccc2-c2cc3c(-c4ccc5ccccc5c4)c4ccc(-c5ccc(-c6nc7ccccc7s6)cc5)cc4c(-c4ccc5ccccc5c4)c3cc21. The van der Waals surface area contributed by atoms with Gasteiger partial charge in [-0.05, 0) is 141 Å². The summed E-state index contributed by atoms with van der Waals surface area (Å²) in [5.41, 5.74) is 14.9. The molecule has 12 rings (SSSR count). The third-order valence-corrected chi connectivity index (χ3v) is 13.7. The Morgan fingerprint density at radius 3 is 1.66 bits per heavy atom. The van der Waals surface area contributed by atoms with Gasteiger partial charge in [0.05, 0.1) is 10.2 Å². The number of nitrogens with zero attached hydrogens (tertiary/aromatic N) is 1. The number of hydrogen-bond donors (Lipinski definition) is 0. The first-order chi connectivity index (χ1) is 28.5. The molecule has 0 amide bonds. The van der Waals surface area contributed by atoms with Crippen molar-refractivity contribution in [1.82, 2.24) is 4.98 Å². The maximum absolute atomic E-state index is 4.95. The molecular weight excluding hydrogens is 719 g/mol. The van der Waals surface area contributed by atoms with Crippen LogP contribution in [0.15, 0.2) is 188 Å². The van der Waals surface area contributed by atoms with Crippen LogP contribution < -0.4 is 0 Å². The Bertz CT molecular complexity index is 3440. The fourth-order valence-electron chi connectivity index (χ4n) is 9.71. The highest BCUT2D eigenvalue weighted by atomic mass is 32.1. The Morgan fingerprint density at radius 2 is 0.931 bits per heavy atom. The van der Waals surface area contributed by atoms with Crippen molar-refractivity contribution < 1.29 is 0 Å². The molecule has 0 saturated carbocycles. The Balaban J connectivity index is 1.16. The van der Waals surface area contributed by atoms with Crippen LogP contribution in [0, 0.1) is 0 Å². The highest BCUT2D eigenvalue weighted by Gasteiger charge is 2.36. The molecule has 272 valence electrons. The van der Waals surface area contributed by atoms with Gasteiger partial charge in [-0.3, -0.25) is 0 Å². The average molecular weight is 756 g/mol. The molecule has 0 aliphatic heterocycles. The molecule has 0 bridgehead atoms. The normalized spacial score (nSPS) is 13.1. The van der Waals surface area contributed by atoms with Gasteiger partial charge >= 0.3 is 0 Å². The van der Waals surface area contributed by atoms with E-state index in [4.69, 9.17) is 4.98 Å². The largest absolute Gasteiger partial charge is 0.236 e. The molecule has 1 aliphatic rings. The van der Waals surface area contributed by atoms with Crippen molar-refractivity contribution >= 4 is 64.6 Å². The Kier molecular flexibility index (Phi) is 7.21. The van der Waals surface area contributed by atoms with Crippen molar-refractivity contribution in [1.29, 1.82) is 0 Å². The van der Waals surface area contributed by atoms with Gasteiger partial charge in [0.25, 0.3) is 0 Å². The molecule has 58 heavy (non-hydrogen) atoms. The van der Waals surface area contributed by atoms with Crippen LogP contribution in [-0.2, 0) is 5.41 Å². The molecule has 0 fully saturated rings. The molecule has 0 radical (unpaired) electrons. The van der Waals surface area contributed by atoms with Crippen molar-refractivity contribution in [3.63, 3.8) is 0 Å². The number of thiazole rings is 1. The summed E-state index contributed by atoms with van der Waals surface area (Å²) in [4.78, 5) is 4.95. The summed E-state index contributed by atoms with van der Waals surface area (Å²) in [6.07, 6.45) is 0. The van der Waals surface area contributed by atoms with Crippen molar-refractivity contribution in [3.8, 4) is 55.1 Å². The molecule has 0 atom stereocenters. The zero-order valence-electron chi connectivity index (χ0n) is 32.3. The molecule has 11 aromatic rings. The monoisotopic (exact) mass is 755 g/mol. The highest BCUT2D eigenvalue weighted by molar-refractivity contribution is 7.21. The minimum Gasteiger partial charge on any atom is -0.236 e. The third kappa shape index (κ3) is 5.05. The molecule has 0 spiro atoms. The van der Waals surface area contributed by atoms with Gasteiger partial charge in [-0.1, -0.05) is 159 Å². The minimum atomic E-state index is -0.133. The van der Waals surface area contributed by atoms with Gasteiger partial charge in [-0.15, -0.1) is 11.3 Å². The van der Waals surface area contributed by atoms with Crippen molar-refractivity contribution in [2.75, 3.05) is 0 Å². The molecule has 0 saturated heterocycles. The molecule has 10 aromatic carbocycles. The van der Waals surface area contributed by atoms with E-state index in [-0.39, 0.29) is 5.41 Å². The van der Waals surface area contributed by atoms with E-state index in [1.54, 1.807) is 11.3 Å². The first-order valence-electron chi connectivity index (χ1n) is 20.1. The second kappa shape index (κ2) is 12.6.